The summed E-state index contributed by atoms with van der Waals surface area (Å²) in [4.78, 5) is 27.7. The molecule has 0 atom stereocenters. The number of amides is 1. The van der Waals surface area contributed by atoms with Crippen molar-refractivity contribution in [3.8, 4) is 17.2 Å². The standard InChI is InChI=1S/C22H23ClN6O5/c1-14-21(28(25-24-14)19-7-5-16(33-2)13-20(19)34-3)22(30)27-10-8-26(9-11-27)18-6-4-15(29(31)32)12-17(18)23/h4-7,12-13H,8-11H2,1-3H3. The summed E-state index contributed by atoms with van der Waals surface area (Å²) < 4.78 is 12.2. The number of ether oxygens (including phenoxy) is 2. The molecule has 4 rings (SSSR count). The number of rotatable bonds is 6. The van der Waals surface area contributed by atoms with Crippen molar-refractivity contribution in [3.05, 3.63) is 62.9 Å². The Balaban J connectivity index is 1.54. The molecule has 2 aromatic carbocycles. The van der Waals surface area contributed by atoms with Crippen LogP contribution in [0, 0.1) is 17.0 Å². The van der Waals surface area contributed by atoms with Gasteiger partial charge in [-0.2, -0.15) is 0 Å². The van der Waals surface area contributed by atoms with E-state index in [1.807, 2.05) is 4.90 Å². The minimum absolute atomic E-state index is 0.0623. The van der Waals surface area contributed by atoms with E-state index in [0.717, 1.165) is 0 Å². The zero-order valence-corrected chi connectivity index (χ0v) is 19.7. The summed E-state index contributed by atoms with van der Waals surface area (Å²) in [6.45, 7) is 3.66. The first-order valence-corrected chi connectivity index (χ1v) is 10.8. The van der Waals surface area contributed by atoms with Crippen molar-refractivity contribution >= 4 is 28.9 Å². The predicted octanol–water partition coefficient (Wildman–Crippen LogP) is 3.12. The van der Waals surface area contributed by atoms with Gasteiger partial charge in [0.2, 0.25) is 0 Å². The molecule has 1 saturated heterocycles. The van der Waals surface area contributed by atoms with Crippen molar-refractivity contribution in [2.24, 2.45) is 0 Å². The molecule has 11 nitrogen and oxygen atoms in total. The fourth-order valence-corrected chi connectivity index (χ4v) is 4.19. The number of hydrogen-bond donors (Lipinski definition) is 0. The maximum absolute atomic E-state index is 13.5. The molecule has 0 saturated carbocycles. The quantitative estimate of drug-likeness (QED) is 0.385. The molecule has 12 heteroatoms. The molecular weight excluding hydrogens is 464 g/mol. The lowest BCUT2D eigenvalue weighted by atomic mass is 10.2. The van der Waals surface area contributed by atoms with Crippen LogP contribution in [-0.4, -0.2) is 71.1 Å². The highest BCUT2D eigenvalue weighted by Crippen LogP contribution is 2.31. The van der Waals surface area contributed by atoms with Gasteiger partial charge >= 0.3 is 0 Å². The largest absolute Gasteiger partial charge is 0.497 e. The van der Waals surface area contributed by atoms with Crippen LogP contribution in [-0.2, 0) is 0 Å². The molecule has 2 heterocycles. The summed E-state index contributed by atoms with van der Waals surface area (Å²) in [6.07, 6.45) is 0. The number of nitro groups is 1. The van der Waals surface area contributed by atoms with Crippen LogP contribution in [0.2, 0.25) is 5.02 Å². The Kier molecular flexibility index (Phi) is 6.55. The van der Waals surface area contributed by atoms with Crippen molar-refractivity contribution in [2.45, 2.75) is 6.92 Å². The van der Waals surface area contributed by atoms with Crippen LogP contribution in [0.5, 0.6) is 11.5 Å². The Morgan fingerprint density at radius 2 is 1.76 bits per heavy atom. The zero-order valence-electron chi connectivity index (χ0n) is 18.9. The van der Waals surface area contributed by atoms with E-state index in [1.165, 1.54) is 23.9 Å². The number of benzene rings is 2. The predicted molar refractivity (Wildman–Crippen MR) is 125 cm³/mol. The van der Waals surface area contributed by atoms with Gasteiger partial charge < -0.3 is 19.3 Å². The van der Waals surface area contributed by atoms with E-state index in [-0.39, 0.29) is 11.6 Å². The number of hydrogen-bond acceptors (Lipinski definition) is 8. The van der Waals surface area contributed by atoms with Crippen LogP contribution in [0.4, 0.5) is 11.4 Å². The van der Waals surface area contributed by atoms with Crippen LogP contribution in [0.15, 0.2) is 36.4 Å². The molecule has 1 aliphatic rings. The lowest BCUT2D eigenvalue weighted by Gasteiger charge is -2.36. The summed E-state index contributed by atoms with van der Waals surface area (Å²) in [5.74, 6) is 0.914. The third-order valence-electron chi connectivity index (χ3n) is 5.71. The minimum Gasteiger partial charge on any atom is -0.497 e. The number of nitro benzene ring substituents is 1. The SMILES string of the molecule is COc1ccc(-n2nnc(C)c2C(=O)N2CCN(c3ccc([N+](=O)[O-])cc3Cl)CC2)c(OC)c1. The topological polar surface area (TPSA) is 116 Å². The molecule has 178 valence electrons. The first-order valence-electron chi connectivity index (χ1n) is 10.5. The number of anilines is 1. The van der Waals surface area contributed by atoms with Gasteiger partial charge in [-0.3, -0.25) is 14.9 Å². The Bertz CT molecular complexity index is 1240. The van der Waals surface area contributed by atoms with Gasteiger partial charge in [-0.25, -0.2) is 4.68 Å². The molecule has 0 bridgehead atoms. The van der Waals surface area contributed by atoms with E-state index in [1.54, 1.807) is 43.2 Å². The zero-order chi connectivity index (χ0) is 24.4. The number of carbonyl (C=O) groups excluding carboxylic acids is 1. The van der Waals surface area contributed by atoms with Gasteiger partial charge in [-0.1, -0.05) is 16.8 Å². The number of nitrogens with zero attached hydrogens (tertiary/aromatic N) is 6. The smallest absolute Gasteiger partial charge is 0.274 e. The van der Waals surface area contributed by atoms with Gasteiger partial charge in [0.05, 0.1) is 35.5 Å². The lowest BCUT2D eigenvalue weighted by Crippen LogP contribution is -2.49. The van der Waals surface area contributed by atoms with Gasteiger partial charge in [0.25, 0.3) is 11.6 Å². The van der Waals surface area contributed by atoms with E-state index in [0.29, 0.717) is 65.5 Å². The molecule has 1 aromatic heterocycles. The molecular formula is C22H23ClN6O5. The Morgan fingerprint density at radius 3 is 2.38 bits per heavy atom. The molecule has 0 spiro atoms. The van der Waals surface area contributed by atoms with Gasteiger partial charge in [-0.05, 0) is 25.1 Å². The second kappa shape index (κ2) is 9.56. The summed E-state index contributed by atoms with van der Waals surface area (Å²) in [5.41, 5.74) is 2.07. The van der Waals surface area contributed by atoms with Crippen molar-refractivity contribution in [2.75, 3.05) is 45.3 Å². The maximum Gasteiger partial charge on any atom is 0.274 e. The average molecular weight is 487 g/mol. The summed E-state index contributed by atoms with van der Waals surface area (Å²) >= 11 is 6.28. The Morgan fingerprint density at radius 1 is 1.06 bits per heavy atom. The van der Waals surface area contributed by atoms with Crippen molar-refractivity contribution in [3.63, 3.8) is 0 Å². The Hall–Kier alpha value is -3.86. The average Bonchev–Trinajstić information content (AvgIpc) is 3.24. The molecule has 0 aliphatic carbocycles. The molecule has 1 aliphatic heterocycles. The van der Waals surface area contributed by atoms with Gasteiger partial charge in [0, 0.05) is 44.4 Å². The van der Waals surface area contributed by atoms with Crippen molar-refractivity contribution in [1.82, 2.24) is 19.9 Å². The van der Waals surface area contributed by atoms with Crippen LogP contribution >= 0.6 is 11.6 Å². The third-order valence-corrected chi connectivity index (χ3v) is 6.01. The molecule has 0 unspecified atom stereocenters. The number of halogens is 1. The minimum atomic E-state index is -0.483. The van der Waals surface area contributed by atoms with E-state index in [4.69, 9.17) is 21.1 Å². The fraction of sp³-hybridized carbons (Fsp3) is 0.318. The normalized spacial score (nSPS) is 13.6. The fourth-order valence-electron chi connectivity index (χ4n) is 3.90. The summed E-state index contributed by atoms with van der Waals surface area (Å²) in [6, 6.07) is 9.64. The molecule has 1 fully saturated rings. The van der Waals surface area contributed by atoms with E-state index in [9.17, 15) is 14.9 Å². The summed E-state index contributed by atoms with van der Waals surface area (Å²) in [5, 5.41) is 19.6. The number of aryl methyl sites for hydroxylation is 1. The Labute approximate surface area is 200 Å². The molecule has 0 radical (unpaired) electrons. The highest BCUT2D eigenvalue weighted by molar-refractivity contribution is 6.33. The molecule has 34 heavy (non-hydrogen) atoms. The highest BCUT2D eigenvalue weighted by atomic mass is 35.5. The monoisotopic (exact) mass is 486 g/mol. The maximum atomic E-state index is 13.5. The lowest BCUT2D eigenvalue weighted by molar-refractivity contribution is -0.384. The second-order valence-corrected chi connectivity index (χ2v) is 8.05. The van der Waals surface area contributed by atoms with E-state index < -0.39 is 4.92 Å². The van der Waals surface area contributed by atoms with Crippen LogP contribution in [0.3, 0.4) is 0 Å². The number of carbonyl (C=O) groups is 1. The van der Waals surface area contributed by atoms with Crippen LogP contribution < -0.4 is 14.4 Å². The van der Waals surface area contributed by atoms with E-state index >= 15 is 0 Å². The second-order valence-electron chi connectivity index (χ2n) is 7.65. The molecule has 0 N–H and O–H groups in total. The highest BCUT2D eigenvalue weighted by Gasteiger charge is 2.29. The first-order chi connectivity index (χ1) is 16.3. The first kappa shape index (κ1) is 23.3. The van der Waals surface area contributed by atoms with E-state index in [2.05, 4.69) is 10.3 Å². The van der Waals surface area contributed by atoms with Gasteiger partial charge in [-0.15, -0.1) is 5.10 Å². The number of piperazine rings is 1. The van der Waals surface area contributed by atoms with Crippen molar-refractivity contribution in [1.29, 1.82) is 0 Å². The van der Waals surface area contributed by atoms with Crippen LogP contribution in [0.25, 0.3) is 5.69 Å². The number of methoxy groups -OCH3 is 2. The van der Waals surface area contributed by atoms with Crippen LogP contribution in [0.1, 0.15) is 16.2 Å². The molecule has 1 amide bonds. The van der Waals surface area contributed by atoms with Gasteiger partial charge in [0.1, 0.15) is 17.2 Å². The number of aromatic nitrogens is 3. The van der Waals surface area contributed by atoms with Gasteiger partial charge in [0.15, 0.2) is 5.69 Å². The third kappa shape index (κ3) is 4.34. The summed E-state index contributed by atoms with van der Waals surface area (Å²) in [7, 11) is 3.10. The number of non-ortho nitro benzene ring substituents is 1. The molecule has 3 aromatic rings. The van der Waals surface area contributed by atoms with Crippen molar-refractivity contribution < 1.29 is 19.2 Å².